The zero-order valence-corrected chi connectivity index (χ0v) is 12.3. The van der Waals surface area contributed by atoms with Crippen molar-refractivity contribution in [3.8, 4) is 11.1 Å². The number of carboxylic acids is 1. The number of hydrogen-bond acceptors (Lipinski definition) is 2. The largest absolute Gasteiger partial charge is 0.478 e. The third kappa shape index (κ3) is 3.01. The molecule has 2 rings (SSSR count). The maximum atomic E-state index is 11.5. The number of carboxylic acid groups (broad SMARTS) is 1. The van der Waals surface area contributed by atoms with Gasteiger partial charge in [0.2, 0.25) is 3.79 Å². The fourth-order valence-corrected chi connectivity index (χ4v) is 2.27. The first kappa shape index (κ1) is 13.7. The molecule has 0 saturated heterocycles. The Balaban J connectivity index is 2.55. The summed E-state index contributed by atoms with van der Waals surface area (Å²) in [6.45, 7) is 2.00. The molecule has 0 aliphatic carbocycles. The molecule has 2 aromatic carbocycles. The molecule has 0 unspecified atom stereocenters. The number of carbonyl (C=O) groups excluding carboxylic acids is 1. The van der Waals surface area contributed by atoms with E-state index in [9.17, 15) is 9.59 Å². The molecule has 0 fully saturated rings. The van der Waals surface area contributed by atoms with E-state index in [1.807, 2.05) is 31.2 Å². The Morgan fingerprint density at radius 2 is 1.53 bits per heavy atom. The first-order valence-corrected chi connectivity index (χ1v) is 6.71. The SMILES string of the molecule is Cc1ccc(-c2ccc(C(=O)O)c(C(=O)I)c2)cc1. The molecule has 2 aromatic rings. The molecule has 0 amide bonds. The second-order valence-corrected chi connectivity index (χ2v) is 5.19. The molecular formula is C15H11IO3. The molecule has 0 heterocycles. The molecule has 0 atom stereocenters. The van der Waals surface area contributed by atoms with Crippen molar-refractivity contribution in [2.45, 2.75) is 6.92 Å². The van der Waals surface area contributed by atoms with Crippen molar-refractivity contribution >= 4 is 32.4 Å². The zero-order chi connectivity index (χ0) is 14.0. The van der Waals surface area contributed by atoms with Gasteiger partial charge in [-0.2, -0.15) is 0 Å². The molecule has 3 nitrogen and oxygen atoms in total. The standard InChI is InChI=1S/C15H11IO3/c1-9-2-4-10(5-3-9)11-6-7-12(15(18)19)13(8-11)14(16)17/h2-8H,1H3,(H,18,19). The van der Waals surface area contributed by atoms with Gasteiger partial charge < -0.3 is 5.11 Å². The summed E-state index contributed by atoms with van der Waals surface area (Å²) in [4.78, 5) is 22.6. The predicted molar refractivity (Wildman–Crippen MR) is 81.9 cm³/mol. The second-order valence-electron chi connectivity index (χ2n) is 4.21. The first-order valence-electron chi connectivity index (χ1n) is 5.63. The maximum Gasteiger partial charge on any atom is 0.336 e. The van der Waals surface area contributed by atoms with Crippen molar-refractivity contribution in [1.82, 2.24) is 0 Å². The summed E-state index contributed by atoms with van der Waals surface area (Å²) < 4.78 is -0.274. The van der Waals surface area contributed by atoms with Gasteiger partial charge in [0.25, 0.3) is 0 Å². The molecule has 19 heavy (non-hydrogen) atoms. The number of benzene rings is 2. The number of aromatic carboxylic acids is 1. The zero-order valence-electron chi connectivity index (χ0n) is 10.2. The van der Waals surface area contributed by atoms with Crippen molar-refractivity contribution in [2.75, 3.05) is 0 Å². The van der Waals surface area contributed by atoms with Crippen molar-refractivity contribution in [3.05, 3.63) is 59.2 Å². The second kappa shape index (κ2) is 5.52. The van der Waals surface area contributed by atoms with E-state index in [-0.39, 0.29) is 14.9 Å². The summed E-state index contributed by atoms with van der Waals surface area (Å²) in [5, 5.41) is 9.06. The summed E-state index contributed by atoms with van der Waals surface area (Å²) in [6, 6.07) is 12.7. The van der Waals surface area contributed by atoms with Gasteiger partial charge in [0.05, 0.1) is 5.56 Å². The first-order chi connectivity index (χ1) is 8.99. The van der Waals surface area contributed by atoms with Gasteiger partial charge >= 0.3 is 5.97 Å². The van der Waals surface area contributed by atoms with Gasteiger partial charge in [-0.25, -0.2) is 4.79 Å². The molecule has 1 N–H and O–H groups in total. The highest BCUT2D eigenvalue weighted by molar-refractivity contribution is 14.1. The van der Waals surface area contributed by atoms with Gasteiger partial charge in [0.1, 0.15) is 0 Å². The number of carbonyl (C=O) groups is 2. The minimum atomic E-state index is -1.09. The average molecular weight is 366 g/mol. The predicted octanol–water partition coefficient (Wildman–Crippen LogP) is 3.94. The van der Waals surface area contributed by atoms with Crippen molar-refractivity contribution in [1.29, 1.82) is 0 Å². The molecule has 0 aliphatic heterocycles. The van der Waals surface area contributed by atoms with Crippen LogP contribution in [0.15, 0.2) is 42.5 Å². The number of hydrogen-bond donors (Lipinski definition) is 1. The minimum absolute atomic E-state index is 0.0373. The van der Waals surface area contributed by atoms with Gasteiger partial charge in [-0.3, -0.25) is 4.79 Å². The van der Waals surface area contributed by atoms with Crippen LogP contribution in [0.2, 0.25) is 0 Å². The normalized spacial score (nSPS) is 10.2. The Morgan fingerprint density at radius 1 is 0.947 bits per heavy atom. The van der Waals surface area contributed by atoms with Crippen LogP contribution in [-0.4, -0.2) is 14.9 Å². The molecular weight excluding hydrogens is 355 g/mol. The monoisotopic (exact) mass is 366 g/mol. The Bertz CT molecular complexity index is 645. The van der Waals surface area contributed by atoms with Crippen LogP contribution in [0, 0.1) is 6.92 Å². The summed E-state index contributed by atoms with van der Waals surface area (Å²) in [5.41, 5.74) is 3.21. The quantitative estimate of drug-likeness (QED) is 0.662. The van der Waals surface area contributed by atoms with E-state index in [0.717, 1.165) is 16.7 Å². The fourth-order valence-electron chi connectivity index (χ4n) is 1.82. The molecule has 0 bridgehead atoms. The van der Waals surface area contributed by atoms with Crippen LogP contribution in [0.5, 0.6) is 0 Å². The molecule has 96 valence electrons. The third-order valence-corrected chi connectivity index (χ3v) is 3.43. The molecule has 0 spiro atoms. The molecule has 0 aliphatic rings. The topological polar surface area (TPSA) is 54.4 Å². The molecule has 4 heteroatoms. The Kier molecular flexibility index (Phi) is 3.99. The number of halogens is 1. The highest BCUT2D eigenvalue weighted by atomic mass is 127. The molecule has 0 saturated carbocycles. The summed E-state index contributed by atoms with van der Waals surface area (Å²) in [6.07, 6.45) is 0. The summed E-state index contributed by atoms with van der Waals surface area (Å²) in [5.74, 6) is -1.09. The van der Waals surface area contributed by atoms with Gasteiger partial charge in [-0.05, 0) is 30.2 Å². The van der Waals surface area contributed by atoms with E-state index < -0.39 is 5.97 Å². The summed E-state index contributed by atoms with van der Waals surface area (Å²) in [7, 11) is 0. The van der Waals surface area contributed by atoms with Crippen molar-refractivity contribution in [2.24, 2.45) is 0 Å². The van der Waals surface area contributed by atoms with Gasteiger partial charge in [0.15, 0.2) is 0 Å². The Morgan fingerprint density at radius 3 is 2.05 bits per heavy atom. The van der Waals surface area contributed by atoms with E-state index in [1.165, 1.54) is 6.07 Å². The van der Waals surface area contributed by atoms with Gasteiger partial charge in [-0.15, -0.1) is 0 Å². The lowest BCUT2D eigenvalue weighted by atomic mass is 9.99. The van der Waals surface area contributed by atoms with Crippen LogP contribution in [-0.2, 0) is 0 Å². The maximum absolute atomic E-state index is 11.5. The van der Waals surface area contributed by atoms with Gasteiger partial charge in [-0.1, -0.05) is 35.9 Å². The molecule has 0 aromatic heterocycles. The lowest BCUT2D eigenvalue weighted by molar-refractivity contribution is 0.0694. The van der Waals surface area contributed by atoms with Crippen LogP contribution in [0.4, 0.5) is 0 Å². The third-order valence-electron chi connectivity index (χ3n) is 2.85. The van der Waals surface area contributed by atoms with Crippen LogP contribution in [0.1, 0.15) is 26.3 Å². The minimum Gasteiger partial charge on any atom is -0.478 e. The summed E-state index contributed by atoms with van der Waals surface area (Å²) >= 11 is 1.61. The van der Waals surface area contributed by atoms with E-state index in [0.29, 0.717) is 0 Å². The van der Waals surface area contributed by atoms with Crippen LogP contribution >= 0.6 is 22.6 Å². The average Bonchev–Trinajstić information content (AvgIpc) is 2.38. The van der Waals surface area contributed by atoms with E-state index in [4.69, 9.17) is 5.11 Å². The number of rotatable bonds is 3. The van der Waals surface area contributed by atoms with Crippen molar-refractivity contribution in [3.63, 3.8) is 0 Å². The number of aryl methyl sites for hydroxylation is 1. The van der Waals surface area contributed by atoms with E-state index >= 15 is 0 Å². The highest BCUT2D eigenvalue weighted by Gasteiger charge is 2.15. The molecule has 0 radical (unpaired) electrons. The smallest absolute Gasteiger partial charge is 0.336 e. The van der Waals surface area contributed by atoms with Crippen LogP contribution in [0.25, 0.3) is 11.1 Å². The van der Waals surface area contributed by atoms with Crippen LogP contribution < -0.4 is 0 Å². The lowest BCUT2D eigenvalue weighted by Gasteiger charge is -2.07. The lowest BCUT2D eigenvalue weighted by Crippen LogP contribution is -2.04. The Hall–Kier alpha value is -1.69. The van der Waals surface area contributed by atoms with E-state index in [2.05, 4.69) is 0 Å². The van der Waals surface area contributed by atoms with Crippen LogP contribution in [0.3, 0.4) is 0 Å². The van der Waals surface area contributed by atoms with Crippen molar-refractivity contribution < 1.29 is 14.7 Å². The van der Waals surface area contributed by atoms with Gasteiger partial charge in [0, 0.05) is 28.2 Å². The fraction of sp³-hybridized carbons (Fsp3) is 0.0667. The van der Waals surface area contributed by atoms with E-state index in [1.54, 1.807) is 34.7 Å². The highest BCUT2D eigenvalue weighted by Crippen LogP contribution is 2.24. The Labute approximate surface area is 124 Å².